The van der Waals surface area contributed by atoms with E-state index in [-0.39, 0.29) is 12.1 Å². The number of nitrogens with one attached hydrogen (secondary N) is 1. The molecule has 0 aliphatic carbocycles. The third-order valence-electron chi connectivity index (χ3n) is 4.34. The van der Waals surface area contributed by atoms with E-state index >= 15 is 0 Å². The number of fused-ring (bicyclic) bond motifs is 1. The number of amides is 1. The van der Waals surface area contributed by atoms with Crippen molar-refractivity contribution >= 4 is 33.1 Å². The van der Waals surface area contributed by atoms with E-state index in [1.54, 1.807) is 30.3 Å². The van der Waals surface area contributed by atoms with Crippen LogP contribution in [0.15, 0.2) is 45.8 Å². The van der Waals surface area contributed by atoms with Gasteiger partial charge in [0.15, 0.2) is 11.3 Å². The molecular weight excluding hydrogens is 408 g/mol. The van der Waals surface area contributed by atoms with Crippen LogP contribution in [0.5, 0.6) is 11.5 Å². The molecule has 0 unspecified atom stereocenters. The summed E-state index contributed by atoms with van der Waals surface area (Å²) in [5.41, 5.74) is 0.696. The van der Waals surface area contributed by atoms with Crippen LogP contribution >= 0.6 is 11.3 Å². The molecule has 0 bridgehead atoms. The summed E-state index contributed by atoms with van der Waals surface area (Å²) in [7, 11) is 3.02. The molecule has 0 atom stereocenters. The van der Waals surface area contributed by atoms with Crippen molar-refractivity contribution in [3.05, 3.63) is 52.0 Å². The molecule has 10 heteroatoms. The smallest absolute Gasteiger partial charge is 0.294 e. The first-order chi connectivity index (χ1) is 14.5. The molecule has 1 aromatic carbocycles. The van der Waals surface area contributed by atoms with Gasteiger partial charge < -0.3 is 19.2 Å². The van der Waals surface area contributed by atoms with Crippen LogP contribution < -0.4 is 20.3 Å². The summed E-state index contributed by atoms with van der Waals surface area (Å²) in [6, 6.07) is 8.50. The number of furan rings is 1. The number of rotatable bonds is 6. The lowest BCUT2D eigenvalue weighted by Crippen LogP contribution is -2.30. The average Bonchev–Trinajstić information content (AvgIpc) is 3.40. The molecule has 9 nitrogen and oxygen atoms in total. The zero-order chi connectivity index (χ0) is 21.3. The van der Waals surface area contributed by atoms with E-state index in [0.717, 1.165) is 9.69 Å². The van der Waals surface area contributed by atoms with Crippen LogP contribution in [0.4, 0.5) is 5.69 Å². The molecule has 0 spiro atoms. The lowest BCUT2D eigenvalue weighted by atomic mass is 10.2. The van der Waals surface area contributed by atoms with E-state index in [2.05, 4.69) is 15.4 Å². The fourth-order valence-electron chi connectivity index (χ4n) is 2.99. The van der Waals surface area contributed by atoms with Crippen molar-refractivity contribution < 1.29 is 18.7 Å². The summed E-state index contributed by atoms with van der Waals surface area (Å²) in [4.78, 5) is 29.9. The van der Waals surface area contributed by atoms with Crippen LogP contribution in [0, 0.1) is 6.92 Å². The van der Waals surface area contributed by atoms with Crippen LogP contribution in [0.3, 0.4) is 0 Å². The number of benzene rings is 1. The minimum atomic E-state index is -0.451. The Labute approximate surface area is 174 Å². The highest BCUT2D eigenvalue weighted by molar-refractivity contribution is 7.19. The second-order valence-corrected chi connectivity index (χ2v) is 7.52. The number of nitrogens with zero attached hydrogens (tertiary/aromatic N) is 3. The Hall–Kier alpha value is -3.66. The molecule has 30 heavy (non-hydrogen) atoms. The first-order valence-electron chi connectivity index (χ1n) is 8.94. The van der Waals surface area contributed by atoms with Crippen molar-refractivity contribution in [2.24, 2.45) is 0 Å². The van der Waals surface area contributed by atoms with Crippen molar-refractivity contribution in [1.82, 2.24) is 14.8 Å². The molecule has 0 fully saturated rings. The fraction of sp³-hybridized carbons (Fsp3) is 0.200. The number of ether oxygens (including phenoxy) is 2. The average molecular weight is 426 g/mol. The normalized spacial score (nSPS) is 10.9. The molecule has 0 saturated heterocycles. The van der Waals surface area contributed by atoms with Crippen molar-refractivity contribution in [3.63, 3.8) is 0 Å². The number of aryl methyl sites for hydroxylation is 1. The van der Waals surface area contributed by atoms with Gasteiger partial charge in [-0.25, -0.2) is 9.67 Å². The molecule has 0 aliphatic heterocycles. The summed E-state index contributed by atoms with van der Waals surface area (Å²) >= 11 is 1.35. The number of thiazole rings is 1. The molecule has 1 N–H and O–H groups in total. The van der Waals surface area contributed by atoms with Gasteiger partial charge in [0.1, 0.15) is 23.7 Å². The van der Waals surface area contributed by atoms with Crippen molar-refractivity contribution in [2.45, 2.75) is 13.5 Å². The van der Waals surface area contributed by atoms with Gasteiger partial charge in [-0.2, -0.15) is 5.10 Å². The van der Waals surface area contributed by atoms with Crippen molar-refractivity contribution in [3.8, 4) is 23.0 Å². The molecular formula is C20H18N4O5S. The number of carbonyl (C=O) groups excluding carboxylic acids is 1. The quantitative estimate of drug-likeness (QED) is 0.505. The van der Waals surface area contributed by atoms with E-state index in [1.807, 2.05) is 6.92 Å². The van der Waals surface area contributed by atoms with Gasteiger partial charge in [0.25, 0.3) is 5.56 Å². The van der Waals surface area contributed by atoms with Gasteiger partial charge in [0, 0.05) is 6.07 Å². The van der Waals surface area contributed by atoms with E-state index in [9.17, 15) is 9.59 Å². The van der Waals surface area contributed by atoms with Crippen LogP contribution in [0.2, 0.25) is 0 Å². The predicted octanol–water partition coefficient (Wildman–Crippen LogP) is 3.08. The van der Waals surface area contributed by atoms with Crippen molar-refractivity contribution in [2.75, 3.05) is 19.5 Å². The van der Waals surface area contributed by atoms with E-state index in [1.165, 1.54) is 31.8 Å². The van der Waals surface area contributed by atoms with Crippen LogP contribution in [-0.2, 0) is 11.3 Å². The Morgan fingerprint density at radius 1 is 1.27 bits per heavy atom. The molecule has 4 aromatic rings. The van der Waals surface area contributed by atoms with Gasteiger partial charge >= 0.3 is 0 Å². The summed E-state index contributed by atoms with van der Waals surface area (Å²) in [6.07, 6.45) is 1.52. The topological polar surface area (TPSA) is 108 Å². The highest BCUT2D eigenvalue weighted by atomic mass is 32.1. The zero-order valence-electron chi connectivity index (χ0n) is 16.5. The fourth-order valence-corrected chi connectivity index (χ4v) is 3.89. The second kappa shape index (κ2) is 7.99. The van der Waals surface area contributed by atoms with Crippen molar-refractivity contribution in [1.29, 1.82) is 0 Å². The Kier molecular flexibility index (Phi) is 5.23. The SMILES string of the molecule is COc1ccc(OC)c(NC(=O)Cn2nc(-c3ccco3)c3sc(C)nc3c2=O)c1. The molecule has 3 aromatic heterocycles. The van der Waals surface area contributed by atoms with Gasteiger partial charge in [0.05, 0.1) is 35.9 Å². The highest BCUT2D eigenvalue weighted by Crippen LogP contribution is 2.30. The predicted molar refractivity (Wildman–Crippen MR) is 112 cm³/mol. The number of aromatic nitrogens is 3. The van der Waals surface area contributed by atoms with Gasteiger partial charge in [-0.05, 0) is 31.2 Å². The third kappa shape index (κ3) is 3.64. The lowest BCUT2D eigenvalue weighted by molar-refractivity contribution is -0.117. The molecule has 0 saturated carbocycles. The minimum absolute atomic E-state index is 0.255. The zero-order valence-corrected chi connectivity index (χ0v) is 17.3. The van der Waals surface area contributed by atoms with E-state index < -0.39 is 11.5 Å². The largest absolute Gasteiger partial charge is 0.497 e. The summed E-state index contributed by atoms with van der Waals surface area (Å²) < 4.78 is 17.6. The highest BCUT2D eigenvalue weighted by Gasteiger charge is 2.19. The standard InChI is InChI=1S/C20H18N4O5S/c1-11-21-18-19(30-11)17(15-5-4-8-29-15)23-24(20(18)26)10-16(25)22-13-9-12(27-2)6-7-14(13)28-3/h4-9H,10H2,1-3H3,(H,22,25). The number of hydrogen-bond acceptors (Lipinski definition) is 8. The van der Waals surface area contributed by atoms with Gasteiger partial charge in [0.2, 0.25) is 5.91 Å². The Balaban J connectivity index is 1.70. The maximum absolute atomic E-state index is 12.9. The Morgan fingerprint density at radius 2 is 2.10 bits per heavy atom. The summed E-state index contributed by atoms with van der Waals surface area (Å²) in [6.45, 7) is 1.50. The minimum Gasteiger partial charge on any atom is -0.497 e. The Morgan fingerprint density at radius 3 is 2.80 bits per heavy atom. The molecule has 154 valence electrons. The molecule has 1 amide bonds. The molecule has 0 aliphatic rings. The van der Waals surface area contributed by atoms with E-state index in [0.29, 0.717) is 33.3 Å². The first-order valence-corrected chi connectivity index (χ1v) is 9.76. The maximum Gasteiger partial charge on any atom is 0.294 e. The van der Waals surface area contributed by atoms with Gasteiger partial charge in [-0.15, -0.1) is 11.3 Å². The number of methoxy groups -OCH3 is 2. The number of anilines is 1. The number of hydrogen-bond donors (Lipinski definition) is 1. The maximum atomic E-state index is 12.9. The van der Waals surface area contributed by atoms with Crippen LogP contribution in [0.25, 0.3) is 21.7 Å². The third-order valence-corrected chi connectivity index (χ3v) is 5.31. The van der Waals surface area contributed by atoms with Crippen LogP contribution in [-0.4, -0.2) is 34.9 Å². The van der Waals surface area contributed by atoms with E-state index in [4.69, 9.17) is 13.9 Å². The lowest BCUT2D eigenvalue weighted by Gasteiger charge is -2.12. The number of carbonyl (C=O) groups is 1. The van der Waals surface area contributed by atoms with Crippen LogP contribution in [0.1, 0.15) is 5.01 Å². The first kappa shape index (κ1) is 19.6. The summed E-state index contributed by atoms with van der Waals surface area (Å²) in [5, 5.41) is 7.83. The summed E-state index contributed by atoms with van der Waals surface area (Å²) in [5.74, 6) is 1.06. The Bertz CT molecular complexity index is 1280. The second-order valence-electron chi connectivity index (χ2n) is 6.31. The molecule has 3 heterocycles. The van der Waals surface area contributed by atoms with Gasteiger partial charge in [-0.3, -0.25) is 9.59 Å². The monoisotopic (exact) mass is 426 g/mol. The van der Waals surface area contributed by atoms with Gasteiger partial charge in [-0.1, -0.05) is 0 Å². The molecule has 4 rings (SSSR count). The molecule has 0 radical (unpaired) electrons.